The van der Waals surface area contributed by atoms with E-state index in [9.17, 15) is 19.3 Å². The molecule has 148 valence electrons. The normalized spacial score (nSPS) is 13.3. The summed E-state index contributed by atoms with van der Waals surface area (Å²) in [5.41, 5.74) is -0.693. The summed E-state index contributed by atoms with van der Waals surface area (Å²) in [4.78, 5) is 22.9. The minimum atomic E-state index is -3.08. The van der Waals surface area contributed by atoms with Gasteiger partial charge < -0.3 is 24.2 Å². The van der Waals surface area contributed by atoms with Crippen LogP contribution in [0.4, 0.5) is 4.79 Å². The maximum Gasteiger partial charge on any atom is 0.408 e. The van der Waals surface area contributed by atoms with Crippen molar-refractivity contribution in [1.29, 1.82) is 0 Å². The Morgan fingerprint density at radius 3 is 2.16 bits per heavy atom. The fourth-order valence-corrected chi connectivity index (χ4v) is 4.88. The van der Waals surface area contributed by atoms with Gasteiger partial charge in [0.1, 0.15) is 11.6 Å². The summed E-state index contributed by atoms with van der Waals surface area (Å²) < 4.78 is 27.7. The molecule has 0 aromatic rings. The molecule has 10 heteroatoms. The van der Waals surface area contributed by atoms with Crippen LogP contribution in [-0.2, 0) is 23.1 Å². The van der Waals surface area contributed by atoms with Gasteiger partial charge in [-0.1, -0.05) is 0 Å². The van der Waals surface area contributed by atoms with Crippen LogP contribution in [0.5, 0.6) is 0 Å². The van der Waals surface area contributed by atoms with Crippen molar-refractivity contribution >= 4 is 31.4 Å². The monoisotopic (exact) mass is 399 g/mol. The van der Waals surface area contributed by atoms with Crippen LogP contribution >= 0.6 is 19.4 Å². The van der Waals surface area contributed by atoms with Crippen LogP contribution < -0.4 is 5.32 Å². The molecule has 0 rings (SSSR count). The van der Waals surface area contributed by atoms with E-state index in [-0.39, 0.29) is 12.6 Å². The van der Waals surface area contributed by atoms with E-state index in [1.54, 1.807) is 34.6 Å². The number of hydrogen-bond donors (Lipinski definition) is 2. The molecule has 0 fully saturated rings. The first kappa shape index (κ1) is 24.2. The maximum atomic E-state index is 12.3. The predicted octanol–water partition coefficient (Wildman–Crippen LogP) is 3.35. The number of carboxylic acids is 1. The Labute approximate surface area is 153 Å². The number of aliphatic carboxylic acids is 1. The molecule has 25 heavy (non-hydrogen) atoms. The Hall–Kier alpha value is -0.760. The average Bonchev–Trinajstić information content (AvgIpc) is 2.44. The number of nitrogens with one attached hydrogen (secondary N) is 1. The van der Waals surface area contributed by atoms with E-state index < -0.39 is 31.3 Å². The fraction of sp³-hybridized carbons (Fsp3) is 0.867. The van der Waals surface area contributed by atoms with Crippen molar-refractivity contribution in [3.05, 3.63) is 0 Å². The molecule has 0 saturated heterocycles. The van der Waals surface area contributed by atoms with Crippen LogP contribution in [0.3, 0.4) is 0 Å². The lowest BCUT2D eigenvalue weighted by molar-refractivity contribution is -0.139. The number of carboxylic acid groups (broad SMARTS) is 1. The number of carbonyl (C=O) groups excluding carboxylic acids is 1. The van der Waals surface area contributed by atoms with Gasteiger partial charge in [-0.15, -0.1) is 0 Å². The highest BCUT2D eigenvalue weighted by atomic mass is 32.2. The lowest BCUT2D eigenvalue weighted by Crippen LogP contribution is -2.43. The van der Waals surface area contributed by atoms with E-state index in [0.29, 0.717) is 24.7 Å². The van der Waals surface area contributed by atoms with E-state index >= 15 is 0 Å². The third kappa shape index (κ3) is 12.3. The summed E-state index contributed by atoms with van der Waals surface area (Å²) in [6, 6.07) is -1.03. The number of rotatable bonds is 12. The van der Waals surface area contributed by atoms with Crippen molar-refractivity contribution < 1.29 is 33.0 Å². The van der Waals surface area contributed by atoms with Crippen molar-refractivity contribution in [1.82, 2.24) is 5.32 Å². The molecule has 0 aliphatic rings. The lowest BCUT2D eigenvalue weighted by Gasteiger charge is -2.22. The third-order valence-corrected chi connectivity index (χ3v) is 6.10. The fourth-order valence-electron chi connectivity index (χ4n) is 1.75. The standard InChI is InChI=1S/C15H30NO7PS/c1-6-21-24(20,22-7-2)9-11-25-10-8-12(13(17)18)16-14(19)23-15(3,4)5/h12H,6-11H2,1-5H3,(H,16,19)(H,17,18). The van der Waals surface area contributed by atoms with Gasteiger partial charge in [0.05, 0.1) is 19.4 Å². The van der Waals surface area contributed by atoms with Gasteiger partial charge in [-0.05, 0) is 46.8 Å². The zero-order chi connectivity index (χ0) is 19.5. The molecule has 0 saturated carbocycles. The van der Waals surface area contributed by atoms with Crippen LogP contribution in [0.1, 0.15) is 41.0 Å². The first-order valence-corrected chi connectivity index (χ1v) is 11.1. The van der Waals surface area contributed by atoms with Gasteiger partial charge in [0.15, 0.2) is 0 Å². The Morgan fingerprint density at radius 2 is 1.72 bits per heavy atom. The second-order valence-corrected chi connectivity index (χ2v) is 9.52. The lowest BCUT2D eigenvalue weighted by atomic mass is 10.2. The molecular weight excluding hydrogens is 369 g/mol. The zero-order valence-corrected chi connectivity index (χ0v) is 17.3. The van der Waals surface area contributed by atoms with Crippen LogP contribution in [0, 0.1) is 0 Å². The highest BCUT2D eigenvalue weighted by Gasteiger charge is 2.25. The van der Waals surface area contributed by atoms with Crippen LogP contribution in [0.15, 0.2) is 0 Å². The molecule has 0 aliphatic carbocycles. The molecule has 0 radical (unpaired) electrons. The van der Waals surface area contributed by atoms with Crippen LogP contribution in [0.2, 0.25) is 0 Å². The SMILES string of the molecule is CCOP(=O)(CCSCCC(NC(=O)OC(C)(C)C)C(=O)O)OCC. The molecular formula is C15H30NO7PS. The smallest absolute Gasteiger partial charge is 0.408 e. The molecule has 0 spiro atoms. The molecule has 0 heterocycles. The van der Waals surface area contributed by atoms with Gasteiger partial charge in [0.2, 0.25) is 0 Å². The minimum Gasteiger partial charge on any atom is -0.480 e. The first-order chi connectivity index (χ1) is 11.5. The van der Waals surface area contributed by atoms with Crippen molar-refractivity contribution in [2.24, 2.45) is 0 Å². The van der Waals surface area contributed by atoms with Gasteiger partial charge in [-0.3, -0.25) is 4.57 Å². The summed E-state index contributed by atoms with van der Waals surface area (Å²) in [5, 5.41) is 11.5. The van der Waals surface area contributed by atoms with Gasteiger partial charge >= 0.3 is 19.7 Å². The zero-order valence-electron chi connectivity index (χ0n) is 15.6. The summed E-state index contributed by atoms with van der Waals surface area (Å²) in [5.74, 6) is -0.137. The molecule has 0 aliphatic heterocycles. The number of amides is 1. The Kier molecular flexibility index (Phi) is 11.4. The van der Waals surface area contributed by atoms with Gasteiger partial charge in [0.25, 0.3) is 0 Å². The van der Waals surface area contributed by atoms with Crippen molar-refractivity contribution in [3.8, 4) is 0 Å². The predicted molar refractivity (Wildman–Crippen MR) is 98.5 cm³/mol. The first-order valence-electron chi connectivity index (χ1n) is 8.21. The minimum absolute atomic E-state index is 0.229. The van der Waals surface area contributed by atoms with Crippen LogP contribution in [0.25, 0.3) is 0 Å². The largest absolute Gasteiger partial charge is 0.480 e. The van der Waals surface area contributed by atoms with Crippen molar-refractivity contribution in [3.63, 3.8) is 0 Å². The molecule has 1 unspecified atom stereocenters. The Balaban J connectivity index is 4.26. The summed E-state index contributed by atoms with van der Waals surface area (Å²) in [6.45, 7) is 9.22. The Bertz CT molecular complexity index is 457. The number of thioether (sulfide) groups is 1. The van der Waals surface area contributed by atoms with E-state index in [2.05, 4.69) is 5.32 Å². The molecule has 0 aromatic carbocycles. The highest BCUT2D eigenvalue weighted by molar-refractivity contribution is 7.99. The number of alkyl carbamates (subject to hydrolysis) is 1. The Morgan fingerprint density at radius 1 is 1.16 bits per heavy atom. The van der Waals surface area contributed by atoms with Gasteiger partial charge in [-0.2, -0.15) is 11.8 Å². The average molecular weight is 399 g/mol. The van der Waals surface area contributed by atoms with E-state index in [0.717, 1.165) is 0 Å². The molecule has 0 bridgehead atoms. The summed E-state index contributed by atoms with van der Waals surface area (Å²) in [6.07, 6.45) is -0.272. The molecule has 1 amide bonds. The summed E-state index contributed by atoms with van der Waals surface area (Å²) >= 11 is 1.43. The molecule has 2 N–H and O–H groups in total. The molecule has 1 atom stereocenters. The molecule has 8 nitrogen and oxygen atoms in total. The maximum absolute atomic E-state index is 12.3. The van der Waals surface area contributed by atoms with Gasteiger partial charge in [-0.25, -0.2) is 9.59 Å². The third-order valence-electron chi connectivity index (χ3n) is 2.70. The summed E-state index contributed by atoms with van der Waals surface area (Å²) in [7, 11) is -3.08. The van der Waals surface area contributed by atoms with E-state index in [1.165, 1.54) is 11.8 Å². The van der Waals surface area contributed by atoms with E-state index in [1.807, 2.05) is 0 Å². The quantitative estimate of drug-likeness (QED) is 0.380. The highest BCUT2D eigenvalue weighted by Crippen LogP contribution is 2.48. The number of hydrogen-bond acceptors (Lipinski definition) is 7. The van der Waals surface area contributed by atoms with Crippen molar-refractivity contribution in [2.45, 2.75) is 52.7 Å². The number of carbonyl (C=O) groups is 2. The van der Waals surface area contributed by atoms with Crippen LogP contribution in [-0.4, -0.2) is 59.7 Å². The second-order valence-electron chi connectivity index (χ2n) is 6.11. The van der Waals surface area contributed by atoms with E-state index in [4.69, 9.17) is 13.8 Å². The second kappa shape index (κ2) is 11.8. The molecule has 0 aromatic heterocycles. The number of ether oxygens (including phenoxy) is 1. The van der Waals surface area contributed by atoms with Gasteiger partial charge in [0, 0.05) is 5.75 Å². The topological polar surface area (TPSA) is 111 Å². The van der Waals surface area contributed by atoms with Crippen molar-refractivity contribution in [2.75, 3.05) is 30.9 Å².